The molecule has 1 aliphatic rings. The fourth-order valence-corrected chi connectivity index (χ4v) is 3.02. The van der Waals surface area contributed by atoms with Gasteiger partial charge in [0.15, 0.2) is 0 Å². The number of rotatable bonds is 4. The molecule has 2 rings (SSSR count). The van der Waals surface area contributed by atoms with Crippen molar-refractivity contribution in [2.45, 2.75) is 39.7 Å². The van der Waals surface area contributed by atoms with Crippen molar-refractivity contribution in [2.75, 3.05) is 6.54 Å². The van der Waals surface area contributed by atoms with Gasteiger partial charge < -0.3 is 5.32 Å². The van der Waals surface area contributed by atoms with Gasteiger partial charge in [0, 0.05) is 11.9 Å². The van der Waals surface area contributed by atoms with Crippen LogP contribution in [0.1, 0.15) is 36.9 Å². The Balaban J connectivity index is 1.67. The van der Waals surface area contributed by atoms with E-state index < -0.39 is 0 Å². The standard InChI is InChI=1S/C12H20N2S/c1-9-3-4-11(5-9)6-13-7-12-8-15-10(2)14-12/h8-9,11,13H,3-7H2,1-2H3. The number of hydrogen-bond donors (Lipinski definition) is 1. The van der Waals surface area contributed by atoms with Gasteiger partial charge in [-0.3, -0.25) is 0 Å². The molecule has 1 heterocycles. The zero-order chi connectivity index (χ0) is 10.7. The third kappa shape index (κ3) is 3.28. The molecule has 1 aromatic heterocycles. The first-order chi connectivity index (χ1) is 7.24. The molecule has 1 N–H and O–H groups in total. The summed E-state index contributed by atoms with van der Waals surface area (Å²) in [7, 11) is 0. The highest BCUT2D eigenvalue weighted by Crippen LogP contribution is 2.29. The Labute approximate surface area is 96.1 Å². The predicted molar refractivity (Wildman–Crippen MR) is 65.1 cm³/mol. The van der Waals surface area contributed by atoms with Crippen molar-refractivity contribution < 1.29 is 0 Å². The number of aromatic nitrogens is 1. The van der Waals surface area contributed by atoms with Crippen molar-refractivity contribution >= 4 is 11.3 Å². The van der Waals surface area contributed by atoms with Gasteiger partial charge in [0.25, 0.3) is 0 Å². The van der Waals surface area contributed by atoms with Gasteiger partial charge in [0.1, 0.15) is 0 Å². The molecule has 15 heavy (non-hydrogen) atoms. The summed E-state index contributed by atoms with van der Waals surface area (Å²) in [5.74, 6) is 1.85. The lowest BCUT2D eigenvalue weighted by Gasteiger charge is -2.09. The molecule has 2 atom stereocenters. The summed E-state index contributed by atoms with van der Waals surface area (Å²) in [6, 6.07) is 0. The summed E-state index contributed by atoms with van der Waals surface area (Å²) >= 11 is 1.74. The predicted octanol–water partition coefficient (Wildman–Crippen LogP) is 2.98. The van der Waals surface area contributed by atoms with Gasteiger partial charge in [-0.2, -0.15) is 0 Å². The smallest absolute Gasteiger partial charge is 0.0897 e. The Bertz CT molecular complexity index is 308. The second kappa shape index (κ2) is 5.08. The van der Waals surface area contributed by atoms with Crippen molar-refractivity contribution in [1.29, 1.82) is 0 Å². The molecule has 0 amide bonds. The summed E-state index contributed by atoms with van der Waals surface area (Å²) in [6.07, 6.45) is 4.23. The van der Waals surface area contributed by atoms with Gasteiger partial charge >= 0.3 is 0 Å². The lowest BCUT2D eigenvalue weighted by molar-refractivity contribution is 0.469. The molecule has 3 heteroatoms. The Kier molecular flexibility index (Phi) is 3.76. The Hall–Kier alpha value is -0.410. The van der Waals surface area contributed by atoms with E-state index in [1.54, 1.807) is 11.3 Å². The molecule has 1 aromatic rings. The minimum Gasteiger partial charge on any atom is -0.311 e. The van der Waals surface area contributed by atoms with Crippen LogP contribution in [0.5, 0.6) is 0 Å². The fraction of sp³-hybridized carbons (Fsp3) is 0.750. The average Bonchev–Trinajstić information content (AvgIpc) is 2.76. The highest BCUT2D eigenvalue weighted by Gasteiger charge is 2.20. The zero-order valence-corrected chi connectivity index (χ0v) is 10.4. The average molecular weight is 224 g/mol. The highest BCUT2D eigenvalue weighted by molar-refractivity contribution is 7.09. The molecule has 2 nitrogen and oxygen atoms in total. The van der Waals surface area contributed by atoms with Crippen molar-refractivity contribution in [3.63, 3.8) is 0 Å². The van der Waals surface area contributed by atoms with Gasteiger partial charge in [0.05, 0.1) is 10.7 Å². The van der Waals surface area contributed by atoms with E-state index in [0.717, 1.165) is 18.4 Å². The molecule has 1 saturated carbocycles. The normalized spacial score (nSPS) is 26.0. The minimum absolute atomic E-state index is 0.903. The van der Waals surface area contributed by atoms with Crippen molar-refractivity contribution in [3.8, 4) is 0 Å². The van der Waals surface area contributed by atoms with E-state index in [4.69, 9.17) is 0 Å². The maximum Gasteiger partial charge on any atom is 0.0897 e. The first-order valence-electron chi connectivity index (χ1n) is 5.85. The number of hydrogen-bond acceptors (Lipinski definition) is 3. The van der Waals surface area contributed by atoms with Crippen LogP contribution >= 0.6 is 11.3 Å². The SMILES string of the molecule is Cc1nc(CNCC2CCC(C)C2)cs1. The molecule has 0 bridgehead atoms. The largest absolute Gasteiger partial charge is 0.311 e. The monoisotopic (exact) mass is 224 g/mol. The molecule has 0 aromatic carbocycles. The van der Waals surface area contributed by atoms with E-state index >= 15 is 0 Å². The van der Waals surface area contributed by atoms with Gasteiger partial charge in [-0.25, -0.2) is 4.98 Å². The number of nitrogens with zero attached hydrogens (tertiary/aromatic N) is 1. The van der Waals surface area contributed by atoms with Crippen LogP contribution in [0.25, 0.3) is 0 Å². The fourth-order valence-electron chi connectivity index (χ4n) is 2.40. The molecule has 84 valence electrons. The quantitative estimate of drug-likeness (QED) is 0.850. The number of thiazole rings is 1. The Morgan fingerprint density at radius 1 is 1.53 bits per heavy atom. The van der Waals surface area contributed by atoms with Crippen LogP contribution in [0.4, 0.5) is 0 Å². The molecule has 0 spiro atoms. The van der Waals surface area contributed by atoms with Crippen LogP contribution < -0.4 is 5.32 Å². The molecule has 0 radical (unpaired) electrons. The lowest BCUT2D eigenvalue weighted by atomic mass is 10.1. The number of nitrogens with one attached hydrogen (secondary N) is 1. The molecule has 1 aliphatic carbocycles. The molecular weight excluding hydrogens is 204 g/mol. The topological polar surface area (TPSA) is 24.9 Å². The van der Waals surface area contributed by atoms with Crippen LogP contribution in [0.2, 0.25) is 0 Å². The molecular formula is C12H20N2S. The Morgan fingerprint density at radius 2 is 2.40 bits per heavy atom. The zero-order valence-electron chi connectivity index (χ0n) is 9.62. The van der Waals surface area contributed by atoms with Crippen molar-refractivity contribution in [1.82, 2.24) is 10.3 Å². The van der Waals surface area contributed by atoms with E-state index in [9.17, 15) is 0 Å². The summed E-state index contributed by atoms with van der Waals surface area (Å²) in [5.41, 5.74) is 1.20. The summed E-state index contributed by atoms with van der Waals surface area (Å²) in [6.45, 7) is 6.53. The van der Waals surface area contributed by atoms with E-state index in [2.05, 4.69) is 29.5 Å². The van der Waals surface area contributed by atoms with Gasteiger partial charge in [-0.1, -0.05) is 13.3 Å². The summed E-state index contributed by atoms with van der Waals surface area (Å²) in [5, 5.41) is 6.84. The maximum atomic E-state index is 4.45. The second-order valence-electron chi connectivity index (χ2n) is 4.77. The van der Waals surface area contributed by atoms with Crippen LogP contribution in [0.3, 0.4) is 0 Å². The van der Waals surface area contributed by atoms with E-state index in [1.165, 1.54) is 36.5 Å². The molecule has 0 aliphatic heterocycles. The van der Waals surface area contributed by atoms with Crippen LogP contribution in [0, 0.1) is 18.8 Å². The first kappa shape index (κ1) is 11.1. The molecule has 0 saturated heterocycles. The maximum absolute atomic E-state index is 4.45. The first-order valence-corrected chi connectivity index (χ1v) is 6.73. The second-order valence-corrected chi connectivity index (χ2v) is 5.84. The third-order valence-electron chi connectivity index (χ3n) is 3.21. The van der Waals surface area contributed by atoms with Gasteiger partial charge in [-0.05, 0) is 38.1 Å². The third-order valence-corrected chi connectivity index (χ3v) is 4.03. The van der Waals surface area contributed by atoms with Crippen molar-refractivity contribution in [3.05, 3.63) is 16.1 Å². The van der Waals surface area contributed by atoms with Crippen molar-refractivity contribution in [2.24, 2.45) is 11.8 Å². The minimum atomic E-state index is 0.903. The summed E-state index contributed by atoms with van der Waals surface area (Å²) in [4.78, 5) is 4.45. The van der Waals surface area contributed by atoms with Gasteiger partial charge in [-0.15, -0.1) is 11.3 Å². The van der Waals surface area contributed by atoms with Crippen LogP contribution in [-0.2, 0) is 6.54 Å². The van der Waals surface area contributed by atoms with E-state index in [1.807, 2.05) is 0 Å². The molecule has 1 fully saturated rings. The lowest BCUT2D eigenvalue weighted by Crippen LogP contribution is -2.21. The number of aryl methyl sites for hydroxylation is 1. The molecule has 2 unspecified atom stereocenters. The van der Waals surface area contributed by atoms with E-state index in [0.29, 0.717) is 0 Å². The van der Waals surface area contributed by atoms with E-state index in [-0.39, 0.29) is 0 Å². The summed E-state index contributed by atoms with van der Waals surface area (Å²) < 4.78 is 0. The van der Waals surface area contributed by atoms with Gasteiger partial charge in [0.2, 0.25) is 0 Å². The van der Waals surface area contributed by atoms with Crippen LogP contribution in [0.15, 0.2) is 5.38 Å². The highest BCUT2D eigenvalue weighted by atomic mass is 32.1. The Morgan fingerprint density at radius 3 is 3.00 bits per heavy atom. The van der Waals surface area contributed by atoms with Crippen LogP contribution in [-0.4, -0.2) is 11.5 Å².